The van der Waals surface area contributed by atoms with E-state index in [0.717, 1.165) is 41.7 Å². The fourth-order valence-electron chi connectivity index (χ4n) is 2.67. The third-order valence-electron chi connectivity index (χ3n) is 4.12. The minimum atomic E-state index is 0.631. The first-order valence-electron chi connectivity index (χ1n) is 7.79. The highest BCUT2D eigenvalue weighted by molar-refractivity contribution is 7.09. The molecule has 114 valence electrons. The van der Waals surface area contributed by atoms with E-state index in [0.29, 0.717) is 5.92 Å². The highest BCUT2D eigenvalue weighted by Gasteiger charge is 2.27. The maximum Gasteiger partial charge on any atom is 0.202 e. The van der Waals surface area contributed by atoms with Gasteiger partial charge < -0.3 is 9.88 Å². The maximum atomic E-state index is 4.70. The largest absolute Gasteiger partial charge is 0.360 e. The summed E-state index contributed by atoms with van der Waals surface area (Å²) in [6.07, 6.45) is 4.51. The zero-order valence-corrected chi connectivity index (χ0v) is 13.4. The zero-order valence-electron chi connectivity index (χ0n) is 12.6. The molecular formula is C16H19N5S. The molecule has 0 saturated heterocycles. The second-order valence-electron chi connectivity index (χ2n) is 5.84. The van der Waals surface area contributed by atoms with E-state index in [4.69, 9.17) is 4.98 Å². The number of aryl methyl sites for hydroxylation is 2. The van der Waals surface area contributed by atoms with Crippen LogP contribution < -0.4 is 5.32 Å². The summed E-state index contributed by atoms with van der Waals surface area (Å²) in [5, 5.41) is 4.33. The normalized spacial score (nSPS) is 14.6. The number of hydrogen-bond donors (Lipinski definition) is 1. The van der Waals surface area contributed by atoms with E-state index in [1.165, 1.54) is 29.9 Å². The molecule has 0 amide bonds. The second-order valence-corrected chi connectivity index (χ2v) is 6.59. The van der Waals surface area contributed by atoms with Gasteiger partial charge in [0.15, 0.2) is 0 Å². The fraction of sp³-hybridized carbons (Fsp3) is 0.438. The molecule has 4 rings (SSSR count). The van der Waals surface area contributed by atoms with Crippen molar-refractivity contribution in [3.8, 4) is 0 Å². The van der Waals surface area contributed by atoms with Crippen molar-refractivity contribution >= 4 is 27.7 Å². The van der Waals surface area contributed by atoms with E-state index in [9.17, 15) is 0 Å². The van der Waals surface area contributed by atoms with Crippen LogP contribution in [0.3, 0.4) is 0 Å². The summed E-state index contributed by atoms with van der Waals surface area (Å²) in [6, 6.07) is 8.28. The number of nitrogens with one attached hydrogen (secondary N) is 1. The smallest absolute Gasteiger partial charge is 0.202 e. The van der Waals surface area contributed by atoms with E-state index >= 15 is 0 Å². The van der Waals surface area contributed by atoms with Gasteiger partial charge in [0.1, 0.15) is 11.6 Å². The quantitative estimate of drug-likeness (QED) is 0.709. The van der Waals surface area contributed by atoms with Crippen LogP contribution in [0.25, 0.3) is 11.0 Å². The van der Waals surface area contributed by atoms with Crippen LogP contribution in [0.5, 0.6) is 0 Å². The lowest BCUT2D eigenvalue weighted by atomic mass is 10.3. The second kappa shape index (κ2) is 5.68. The van der Waals surface area contributed by atoms with Crippen LogP contribution in [0.2, 0.25) is 0 Å². The Hall–Kier alpha value is -1.95. The molecule has 6 heteroatoms. The Kier molecular flexibility index (Phi) is 3.54. The Balaban J connectivity index is 1.32. The average Bonchev–Trinajstić information content (AvgIpc) is 3.20. The number of hydrogen-bond acceptors (Lipinski definition) is 5. The lowest BCUT2D eigenvalue weighted by Crippen LogP contribution is -2.05. The molecule has 0 spiro atoms. The molecule has 0 aliphatic heterocycles. The van der Waals surface area contributed by atoms with Crippen molar-refractivity contribution in [2.75, 3.05) is 11.9 Å². The van der Waals surface area contributed by atoms with Gasteiger partial charge in [-0.2, -0.15) is 4.37 Å². The summed E-state index contributed by atoms with van der Waals surface area (Å²) >= 11 is 1.48. The van der Waals surface area contributed by atoms with Gasteiger partial charge in [-0.15, -0.1) is 0 Å². The number of fused-ring (bicyclic) bond motifs is 1. The fourth-order valence-corrected chi connectivity index (χ4v) is 3.35. The third kappa shape index (κ3) is 2.70. The van der Waals surface area contributed by atoms with E-state index in [-0.39, 0.29) is 0 Å². The molecule has 22 heavy (non-hydrogen) atoms. The predicted molar refractivity (Wildman–Crippen MR) is 89.4 cm³/mol. The maximum absolute atomic E-state index is 4.70. The number of imidazole rings is 1. The minimum Gasteiger partial charge on any atom is -0.360 e. The number of nitrogens with zero attached hydrogens (tertiary/aromatic N) is 4. The third-order valence-corrected chi connectivity index (χ3v) is 4.80. The SMILES string of the molecule is Cn1c(CCCNc2nc(C3CC3)ns2)nc2ccccc21. The van der Waals surface area contributed by atoms with Crippen LogP contribution in [0, 0.1) is 0 Å². The number of benzene rings is 1. The monoisotopic (exact) mass is 313 g/mol. The van der Waals surface area contributed by atoms with Gasteiger partial charge in [-0.05, 0) is 31.4 Å². The van der Waals surface area contributed by atoms with Gasteiger partial charge in [-0.25, -0.2) is 9.97 Å². The molecule has 0 radical (unpaired) electrons. The Morgan fingerprint density at radius 2 is 2.14 bits per heavy atom. The van der Waals surface area contributed by atoms with Crippen LogP contribution in [0.4, 0.5) is 5.13 Å². The summed E-state index contributed by atoms with van der Waals surface area (Å²) in [5.74, 6) is 2.80. The van der Waals surface area contributed by atoms with E-state index in [1.807, 2.05) is 6.07 Å². The van der Waals surface area contributed by atoms with Gasteiger partial charge in [-0.1, -0.05) is 12.1 Å². The Labute approximate surface area is 133 Å². The highest BCUT2D eigenvalue weighted by Crippen LogP contribution is 2.39. The summed E-state index contributed by atoms with van der Waals surface area (Å²) in [5.41, 5.74) is 2.27. The molecule has 1 aliphatic rings. The van der Waals surface area contributed by atoms with E-state index in [1.54, 1.807) is 0 Å². The Morgan fingerprint density at radius 3 is 2.95 bits per heavy atom. The Bertz CT molecular complexity index is 787. The first-order valence-corrected chi connectivity index (χ1v) is 8.56. The van der Waals surface area contributed by atoms with Crippen molar-refractivity contribution in [3.05, 3.63) is 35.9 Å². The molecular weight excluding hydrogens is 294 g/mol. The lowest BCUT2D eigenvalue weighted by molar-refractivity contribution is 0.753. The number of aromatic nitrogens is 4. The van der Waals surface area contributed by atoms with Crippen LogP contribution >= 0.6 is 11.5 Å². The molecule has 3 aromatic rings. The number of para-hydroxylation sites is 2. The van der Waals surface area contributed by atoms with Gasteiger partial charge in [0.25, 0.3) is 0 Å². The molecule has 0 unspecified atom stereocenters. The van der Waals surface area contributed by atoms with Gasteiger partial charge in [-0.3, -0.25) is 0 Å². The highest BCUT2D eigenvalue weighted by atomic mass is 32.1. The topological polar surface area (TPSA) is 55.6 Å². The van der Waals surface area contributed by atoms with Crippen molar-refractivity contribution in [1.82, 2.24) is 18.9 Å². The zero-order chi connectivity index (χ0) is 14.9. The van der Waals surface area contributed by atoms with Gasteiger partial charge in [0.05, 0.1) is 11.0 Å². The standard InChI is InChI=1S/C16H19N5S/c1-21-13-6-3-2-5-12(13)18-14(21)7-4-10-17-16-19-15(20-22-16)11-8-9-11/h2-3,5-6,11H,4,7-10H2,1H3,(H,17,19,20). The number of rotatable bonds is 6. The number of anilines is 1. The van der Waals surface area contributed by atoms with Crippen molar-refractivity contribution in [3.63, 3.8) is 0 Å². The Morgan fingerprint density at radius 1 is 1.27 bits per heavy atom. The van der Waals surface area contributed by atoms with Gasteiger partial charge in [0, 0.05) is 37.5 Å². The molecule has 2 heterocycles. The van der Waals surface area contributed by atoms with E-state index in [2.05, 4.69) is 44.5 Å². The van der Waals surface area contributed by atoms with Crippen LogP contribution in [0.15, 0.2) is 24.3 Å². The molecule has 0 bridgehead atoms. The minimum absolute atomic E-state index is 0.631. The molecule has 1 fully saturated rings. The van der Waals surface area contributed by atoms with Crippen molar-refractivity contribution < 1.29 is 0 Å². The first-order chi connectivity index (χ1) is 10.8. The summed E-state index contributed by atoms with van der Waals surface area (Å²) in [4.78, 5) is 9.25. The van der Waals surface area contributed by atoms with E-state index < -0.39 is 0 Å². The molecule has 5 nitrogen and oxygen atoms in total. The molecule has 1 aliphatic carbocycles. The molecule has 1 aromatic carbocycles. The van der Waals surface area contributed by atoms with Crippen molar-refractivity contribution in [1.29, 1.82) is 0 Å². The average molecular weight is 313 g/mol. The summed E-state index contributed by atoms with van der Waals surface area (Å²) in [6.45, 7) is 0.905. The molecule has 2 aromatic heterocycles. The van der Waals surface area contributed by atoms with Crippen LogP contribution in [-0.4, -0.2) is 25.5 Å². The summed E-state index contributed by atoms with van der Waals surface area (Å²) < 4.78 is 6.60. The molecule has 1 N–H and O–H groups in total. The van der Waals surface area contributed by atoms with Crippen LogP contribution in [-0.2, 0) is 13.5 Å². The lowest BCUT2D eigenvalue weighted by Gasteiger charge is -2.03. The molecule has 1 saturated carbocycles. The predicted octanol–water partition coefficient (Wildman–Crippen LogP) is 3.35. The summed E-state index contributed by atoms with van der Waals surface area (Å²) in [7, 11) is 2.09. The first kappa shape index (κ1) is 13.7. The van der Waals surface area contributed by atoms with Gasteiger partial charge >= 0.3 is 0 Å². The van der Waals surface area contributed by atoms with Crippen LogP contribution in [0.1, 0.15) is 36.8 Å². The van der Waals surface area contributed by atoms with Crippen molar-refractivity contribution in [2.24, 2.45) is 7.05 Å². The molecule has 0 atom stereocenters. The van der Waals surface area contributed by atoms with Crippen molar-refractivity contribution in [2.45, 2.75) is 31.6 Å². The van der Waals surface area contributed by atoms with Gasteiger partial charge in [0.2, 0.25) is 5.13 Å².